The summed E-state index contributed by atoms with van der Waals surface area (Å²) in [5.74, 6) is 0. The number of hydrogen-bond donors (Lipinski definition) is 2. The number of carbonyl (C=O) groups excluding carboxylic acids is 1. The van der Waals surface area contributed by atoms with E-state index in [1.54, 1.807) is 12.1 Å². The Morgan fingerprint density at radius 1 is 1.38 bits per heavy atom. The maximum Gasteiger partial charge on any atom is 0.407 e. The van der Waals surface area contributed by atoms with Crippen LogP contribution >= 0.6 is 11.6 Å². The van der Waals surface area contributed by atoms with Gasteiger partial charge in [0.2, 0.25) is 0 Å². The molecule has 3 N–H and O–H groups in total. The lowest BCUT2D eigenvalue weighted by molar-refractivity contribution is 0.139. The second-order valence-corrected chi connectivity index (χ2v) is 3.71. The van der Waals surface area contributed by atoms with E-state index in [0.717, 1.165) is 12.0 Å². The van der Waals surface area contributed by atoms with Gasteiger partial charge >= 0.3 is 6.09 Å². The van der Waals surface area contributed by atoms with E-state index >= 15 is 0 Å². The van der Waals surface area contributed by atoms with Crippen LogP contribution in [0.5, 0.6) is 0 Å². The second kappa shape index (κ2) is 7.09. The van der Waals surface area contributed by atoms with Gasteiger partial charge in [0, 0.05) is 11.6 Å². The lowest BCUT2D eigenvalue weighted by atomic mass is 10.2. The minimum Gasteiger partial charge on any atom is -0.445 e. The lowest BCUT2D eigenvalue weighted by Crippen LogP contribution is -2.26. The molecule has 0 aliphatic carbocycles. The number of nitrogens with one attached hydrogen (secondary N) is 1. The third kappa shape index (κ3) is 5.00. The fraction of sp³-hybridized carbons (Fsp3) is 0.364. The molecule has 1 amide bonds. The van der Waals surface area contributed by atoms with Crippen molar-refractivity contribution in [1.82, 2.24) is 5.32 Å². The van der Waals surface area contributed by atoms with Crippen LogP contribution in [0.4, 0.5) is 4.79 Å². The van der Waals surface area contributed by atoms with Crippen LogP contribution in [0.2, 0.25) is 5.02 Å². The number of ether oxygens (including phenoxy) is 1. The molecule has 0 unspecified atom stereocenters. The Balaban J connectivity index is 2.23. The molecule has 0 aliphatic heterocycles. The van der Waals surface area contributed by atoms with Gasteiger partial charge in [0.15, 0.2) is 0 Å². The maximum atomic E-state index is 11.2. The molecule has 0 heterocycles. The third-order valence-electron chi connectivity index (χ3n) is 1.93. The molecule has 0 radical (unpaired) electrons. The zero-order valence-electron chi connectivity index (χ0n) is 8.91. The summed E-state index contributed by atoms with van der Waals surface area (Å²) in [6.45, 7) is 1.33. The van der Waals surface area contributed by atoms with Crippen LogP contribution in [-0.2, 0) is 11.3 Å². The van der Waals surface area contributed by atoms with E-state index in [4.69, 9.17) is 22.1 Å². The molecule has 5 heteroatoms. The summed E-state index contributed by atoms with van der Waals surface area (Å²) in [6, 6.07) is 7.14. The summed E-state index contributed by atoms with van der Waals surface area (Å²) in [7, 11) is 0. The van der Waals surface area contributed by atoms with Crippen molar-refractivity contribution in [3.8, 4) is 0 Å². The molecule has 16 heavy (non-hydrogen) atoms. The number of benzene rings is 1. The van der Waals surface area contributed by atoms with Crippen LogP contribution in [0.1, 0.15) is 12.0 Å². The Morgan fingerprint density at radius 3 is 2.69 bits per heavy atom. The van der Waals surface area contributed by atoms with Crippen molar-refractivity contribution in [3.05, 3.63) is 34.9 Å². The summed E-state index contributed by atoms with van der Waals surface area (Å²) < 4.78 is 4.98. The van der Waals surface area contributed by atoms with Gasteiger partial charge in [0.1, 0.15) is 6.61 Å². The molecule has 1 aromatic rings. The highest BCUT2D eigenvalue weighted by Gasteiger charge is 2.01. The van der Waals surface area contributed by atoms with Gasteiger partial charge in [-0.1, -0.05) is 23.7 Å². The topological polar surface area (TPSA) is 64.3 Å². The molecule has 0 atom stereocenters. The molecule has 0 saturated carbocycles. The van der Waals surface area contributed by atoms with E-state index < -0.39 is 6.09 Å². The van der Waals surface area contributed by atoms with Gasteiger partial charge in [-0.15, -0.1) is 0 Å². The Labute approximate surface area is 99.7 Å². The summed E-state index contributed by atoms with van der Waals surface area (Å²) in [5, 5.41) is 3.26. The number of rotatable bonds is 5. The first-order valence-electron chi connectivity index (χ1n) is 5.07. The van der Waals surface area contributed by atoms with Crippen LogP contribution in [0.3, 0.4) is 0 Å². The SMILES string of the molecule is NCCCNC(=O)OCc1ccc(Cl)cc1. The third-order valence-corrected chi connectivity index (χ3v) is 2.19. The van der Waals surface area contributed by atoms with Crippen LogP contribution < -0.4 is 11.1 Å². The van der Waals surface area contributed by atoms with Crippen molar-refractivity contribution in [3.63, 3.8) is 0 Å². The van der Waals surface area contributed by atoms with E-state index in [2.05, 4.69) is 5.32 Å². The van der Waals surface area contributed by atoms with Crippen molar-refractivity contribution in [1.29, 1.82) is 0 Å². The molecule has 0 aromatic heterocycles. The molecule has 88 valence electrons. The number of halogens is 1. The van der Waals surface area contributed by atoms with Gasteiger partial charge in [0.25, 0.3) is 0 Å². The van der Waals surface area contributed by atoms with Crippen LogP contribution in [0, 0.1) is 0 Å². The monoisotopic (exact) mass is 242 g/mol. The highest BCUT2D eigenvalue weighted by Crippen LogP contribution is 2.10. The average Bonchev–Trinajstić information content (AvgIpc) is 2.29. The van der Waals surface area contributed by atoms with Gasteiger partial charge in [0.05, 0.1) is 0 Å². The zero-order valence-corrected chi connectivity index (χ0v) is 9.67. The molecule has 1 rings (SSSR count). The summed E-state index contributed by atoms with van der Waals surface area (Å²) in [6.07, 6.45) is 0.319. The molecular weight excluding hydrogens is 228 g/mol. The number of hydrogen-bond acceptors (Lipinski definition) is 3. The number of nitrogens with two attached hydrogens (primary N) is 1. The lowest BCUT2D eigenvalue weighted by Gasteiger charge is -2.06. The zero-order chi connectivity index (χ0) is 11.8. The van der Waals surface area contributed by atoms with Crippen molar-refractivity contribution in [2.45, 2.75) is 13.0 Å². The second-order valence-electron chi connectivity index (χ2n) is 3.27. The highest BCUT2D eigenvalue weighted by atomic mass is 35.5. The Morgan fingerprint density at radius 2 is 2.06 bits per heavy atom. The molecule has 4 nitrogen and oxygen atoms in total. The highest BCUT2D eigenvalue weighted by molar-refractivity contribution is 6.30. The first-order valence-corrected chi connectivity index (χ1v) is 5.45. The van der Waals surface area contributed by atoms with Crippen molar-refractivity contribution in [2.24, 2.45) is 5.73 Å². The first kappa shape index (κ1) is 12.8. The van der Waals surface area contributed by atoms with Gasteiger partial charge in [-0.05, 0) is 30.7 Å². The van der Waals surface area contributed by atoms with Crippen molar-refractivity contribution >= 4 is 17.7 Å². The number of amides is 1. The number of alkyl carbamates (subject to hydrolysis) is 1. The fourth-order valence-electron chi connectivity index (χ4n) is 1.07. The van der Waals surface area contributed by atoms with Gasteiger partial charge < -0.3 is 15.8 Å². The number of carbonyl (C=O) groups is 1. The van der Waals surface area contributed by atoms with Gasteiger partial charge in [-0.25, -0.2) is 4.79 Å². The standard InChI is InChI=1S/C11H15ClN2O2/c12-10-4-2-9(3-5-10)8-16-11(15)14-7-1-6-13/h2-5H,1,6-8,13H2,(H,14,15). The quantitative estimate of drug-likeness (QED) is 0.776. The summed E-state index contributed by atoms with van der Waals surface area (Å²) in [5.41, 5.74) is 6.19. The van der Waals surface area contributed by atoms with E-state index in [9.17, 15) is 4.79 Å². The van der Waals surface area contributed by atoms with Crippen LogP contribution in [-0.4, -0.2) is 19.2 Å². The molecule has 0 aliphatic rings. The Bertz CT molecular complexity index is 327. The Kier molecular flexibility index (Phi) is 5.67. The minimum absolute atomic E-state index is 0.242. The van der Waals surface area contributed by atoms with Crippen molar-refractivity contribution in [2.75, 3.05) is 13.1 Å². The predicted molar refractivity (Wildman–Crippen MR) is 63.3 cm³/mol. The molecule has 0 spiro atoms. The predicted octanol–water partition coefficient (Wildman–Crippen LogP) is 1.91. The minimum atomic E-state index is -0.427. The summed E-state index contributed by atoms with van der Waals surface area (Å²) >= 11 is 5.73. The first-order chi connectivity index (χ1) is 7.72. The van der Waals surface area contributed by atoms with Gasteiger partial charge in [-0.2, -0.15) is 0 Å². The van der Waals surface area contributed by atoms with E-state index in [1.807, 2.05) is 12.1 Å². The van der Waals surface area contributed by atoms with E-state index in [0.29, 0.717) is 18.1 Å². The molecule has 0 fully saturated rings. The molecule has 0 saturated heterocycles. The molecular formula is C11H15ClN2O2. The van der Waals surface area contributed by atoms with E-state index in [1.165, 1.54) is 0 Å². The maximum absolute atomic E-state index is 11.2. The largest absolute Gasteiger partial charge is 0.445 e. The van der Waals surface area contributed by atoms with E-state index in [-0.39, 0.29) is 6.61 Å². The molecule has 0 bridgehead atoms. The molecule has 1 aromatic carbocycles. The van der Waals surface area contributed by atoms with Gasteiger partial charge in [-0.3, -0.25) is 0 Å². The van der Waals surface area contributed by atoms with Crippen molar-refractivity contribution < 1.29 is 9.53 Å². The van der Waals surface area contributed by atoms with Crippen LogP contribution in [0.25, 0.3) is 0 Å². The smallest absolute Gasteiger partial charge is 0.407 e. The average molecular weight is 243 g/mol. The van der Waals surface area contributed by atoms with Crippen LogP contribution in [0.15, 0.2) is 24.3 Å². The fourth-order valence-corrected chi connectivity index (χ4v) is 1.20. The Hall–Kier alpha value is -1.26. The normalized spacial score (nSPS) is 9.88. The summed E-state index contributed by atoms with van der Waals surface area (Å²) in [4.78, 5) is 11.2.